The van der Waals surface area contributed by atoms with Crippen LogP contribution in [0.25, 0.3) is 0 Å². The Labute approximate surface area is 116 Å². The number of amides is 1. The third-order valence-electron chi connectivity index (χ3n) is 2.79. The van der Waals surface area contributed by atoms with Gasteiger partial charge in [-0.3, -0.25) is 9.78 Å². The summed E-state index contributed by atoms with van der Waals surface area (Å²) < 4.78 is 12.8. The van der Waals surface area contributed by atoms with Crippen molar-refractivity contribution in [1.82, 2.24) is 9.88 Å². The quantitative estimate of drug-likeness (QED) is 0.859. The highest BCUT2D eigenvalue weighted by molar-refractivity contribution is 5.92. The summed E-state index contributed by atoms with van der Waals surface area (Å²) in [5.74, 6) is -0.599. The van der Waals surface area contributed by atoms with Gasteiger partial charge in [0.1, 0.15) is 11.5 Å². The van der Waals surface area contributed by atoms with E-state index in [0.717, 1.165) is 5.56 Å². The van der Waals surface area contributed by atoms with Crippen LogP contribution in [0.2, 0.25) is 0 Å². The molecule has 0 unspecified atom stereocenters. The van der Waals surface area contributed by atoms with Crippen molar-refractivity contribution in [2.75, 3.05) is 7.05 Å². The van der Waals surface area contributed by atoms with Gasteiger partial charge in [0.2, 0.25) is 0 Å². The number of benzene rings is 1. The van der Waals surface area contributed by atoms with Gasteiger partial charge in [0.15, 0.2) is 0 Å². The van der Waals surface area contributed by atoms with Gasteiger partial charge in [0.25, 0.3) is 5.91 Å². The van der Waals surface area contributed by atoms with Crippen LogP contribution in [-0.2, 0) is 6.54 Å². The molecule has 1 heterocycles. The molecule has 0 atom stereocenters. The van der Waals surface area contributed by atoms with Crippen LogP contribution in [0.1, 0.15) is 21.6 Å². The Bertz CT molecular complexity index is 662. The maximum atomic E-state index is 12.8. The number of pyridine rings is 1. The van der Waals surface area contributed by atoms with Crippen molar-refractivity contribution < 1.29 is 9.18 Å². The zero-order chi connectivity index (χ0) is 14.5. The Morgan fingerprint density at radius 2 is 2.05 bits per heavy atom. The van der Waals surface area contributed by atoms with Crippen molar-refractivity contribution in [2.24, 2.45) is 0 Å². The standard InChI is InChI=1S/C15H12FN3O/c1-19(10-11-2-4-13(16)5-3-11)15(20)14-8-12(9-17)6-7-18-14/h2-8H,10H2,1H3. The Balaban J connectivity index is 2.12. The number of nitriles is 1. The number of rotatable bonds is 3. The smallest absolute Gasteiger partial charge is 0.272 e. The average molecular weight is 269 g/mol. The molecular formula is C15H12FN3O. The van der Waals surface area contributed by atoms with Crippen molar-refractivity contribution >= 4 is 5.91 Å². The first-order valence-corrected chi connectivity index (χ1v) is 5.96. The summed E-state index contributed by atoms with van der Waals surface area (Å²) in [6.45, 7) is 0.345. The largest absolute Gasteiger partial charge is 0.336 e. The lowest BCUT2D eigenvalue weighted by Gasteiger charge is -2.16. The molecule has 0 radical (unpaired) electrons. The molecular weight excluding hydrogens is 257 g/mol. The molecule has 0 aliphatic rings. The first-order chi connectivity index (χ1) is 9.60. The molecule has 5 heteroatoms. The van der Waals surface area contributed by atoms with Crippen molar-refractivity contribution in [3.8, 4) is 6.07 Å². The average Bonchev–Trinajstić information content (AvgIpc) is 2.48. The Hall–Kier alpha value is -2.74. The van der Waals surface area contributed by atoms with Crippen LogP contribution < -0.4 is 0 Å². The van der Waals surface area contributed by atoms with Gasteiger partial charge in [-0.1, -0.05) is 12.1 Å². The van der Waals surface area contributed by atoms with Crippen LogP contribution in [0.3, 0.4) is 0 Å². The lowest BCUT2D eigenvalue weighted by Crippen LogP contribution is -2.27. The van der Waals surface area contributed by atoms with Gasteiger partial charge in [0, 0.05) is 19.8 Å². The van der Waals surface area contributed by atoms with Crippen molar-refractivity contribution in [3.05, 3.63) is 65.2 Å². The molecule has 0 aliphatic carbocycles. The minimum atomic E-state index is -0.314. The molecule has 1 aromatic heterocycles. The van der Waals surface area contributed by atoms with Crippen molar-refractivity contribution in [3.63, 3.8) is 0 Å². The second-order valence-corrected chi connectivity index (χ2v) is 4.33. The Morgan fingerprint density at radius 1 is 1.35 bits per heavy atom. The molecule has 2 aromatic rings. The zero-order valence-electron chi connectivity index (χ0n) is 10.9. The highest BCUT2D eigenvalue weighted by Crippen LogP contribution is 2.09. The van der Waals surface area contributed by atoms with E-state index in [1.165, 1.54) is 35.4 Å². The molecule has 0 N–H and O–H groups in total. The van der Waals surface area contributed by atoms with Gasteiger partial charge < -0.3 is 4.90 Å². The summed E-state index contributed by atoms with van der Waals surface area (Å²) in [5, 5.41) is 8.81. The first kappa shape index (κ1) is 13.7. The second-order valence-electron chi connectivity index (χ2n) is 4.33. The van der Waals surface area contributed by atoms with Gasteiger partial charge in [0.05, 0.1) is 11.6 Å². The summed E-state index contributed by atoms with van der Waals surface area (Å²) in [6, 6.07) is 10.9. The third-order valence-corrected chi connectivity index (χ3v) is 2.79. The van der Waals surface area contributed by atoms with Gasteiger partial charge >= 0.3 is 0 Å². The fourth-order valence-electron chi connectivity index (χ4n) is 1.75. The molecule has 100 valence electrons. The molecule has 20 heavy (non-hydrogen) atoms. The van der Waals surface area contributed by atoms with E-state index in [4.69, 9.17) is 5.26 Å². The molecule has 1 aromatic carbocycles. The predicted octanol–water partition coefficient (Wildman–Crippen LogP) is 2.36. The molecule has 0 saturated carbocycles. The first-order valence-electron chi connectivity index (χ1n) is 5.96. The second kappa shape index (κ2) is 5.93. The summed E-state index contributed by atoms with van der Waals surface area (Å²) in [5.41, 5.74) is 1.42. The van der Waals surface area contributed by atoms with E-state index in [9.17, 15) is 9.18 Å². The van der Waals surface area contributed by atoms with Crippen LogP contribution in [0, 0.1) is 17.1 Å². The van der Waals surface area contributed by atoms with Crippen LogP contribution in [-0.4, -0.2) is 22.8 Å². The van der Waals surface area contributed by atoms with Crippen molar-refractivity contribution in [2.45, 2.75) is 6.54 Å². The van der Waals surface area contributed by atoms with Crippen LogP contribution >= 0.6 is 0 Å². The monoisotopic (exact) mass is 269 g/mol. The van der Waals surface area contributed by atoms with E-state index >= 15 is 0 Å². The molecule has 0 spiro atoms. The predicted molar refractivity (Wildman–Crippen MR) is 71.1 cm³/mol. The molecule has 0 bridgehead atoms. The fraction of sp³-hybridized carbons (Fsp3) is 0.133. The number of nitrogens with zero attached hydrogens (tertiary/aromatic N) is 3. The SMILES string of the molecule is CN(Cc1ccc(F)cc1)C(=O)c1cc(C#N)ccn1. The highest BCUT2D eigenvalue weighted by Gasteiger charge is 2.14. The lowest BCUT2D eigenvalue weighted by molar-refractivity contribution is 0.0779. The fourth-order valence-corrected chi connectivity index (χ4v) is 1.75. The van der Waals surface area contributed by atoms with E-state index < -0.39 is 0 Å². The van der Waals surface area contributed by atoms with Crippen LogP contribution in [0.5, 0.6) is 0 Å². The molecule has 0 aliphatic heterocycles. The maximum Gasteiger partial charge on any atom is 0.272 e. The summed E-state index contributed by atoms with van der Waals surface area (Å²) >= 11 is 0. The van der Waals surface area contributed by atoms with E-state index in [1.54, 1.807) is 19.2 Å². The lowest BCUT2D eigenvalue weighted by atomic mass is 10.2. The van der Waals surface area contributed by atoms with Crippen LogP contribution in [0.15, 0.2) is 42.6 Å². The van der Waals surface area contributed by atoms with Gasteiger partial charge in [-0.15, -0.1) is 0 Å². The zero-order valence-corrected chi connectivity index (χ0v) is 10.9. The van der Waals surface area contributed by atoms with E-state index in [0.29, 0.717) is 12.1 Å². The van der Waals surface area contributed by atoms with E-state index in [-0.39, 0.29) is 17.4 Å². The van der Waals surface area contributed by atoms with E-state index in [2.05, 4.69) is 4.98 Å². The number of hydrogen-bond donors (Lipinski definition) is 0. The number of halogens is 1. The van der Waals surface area contributed by atoms with Gasteiger partial charge in [-0.25, -0.2) is 4.39 Å². The normalized spacial score (nSPS) is 9.85. The highest BCUT2D eigenvalue weighted by atomic mass is 19.1. The topological polar surface area (TPSA) is 57.0 Å². The van der Waals surface area contributed by atoms with Gasteiger partial charge in [-0.2, -0.15) is 5.26 Å². The van der Waals surface area contributed by atoms with Crippen LogP contribution in [0.4, 0.5) is 4.39 Å². The molecule has 0 saturated heterocycles. The maximum absolute atomic E-state index is 12.8. The molecule has 1 amide bonds. The minimum absolute atomic E-state index is 0.216. The Kier molecular flexibility index (Phi) is 4.06. The number of carbonyl (C=O) groups is 1. The molecule has 2 rings (SSSR count). The third kappa shape index (κ3) is 3.18. The summed E-state index contributed by atoms with van der Waals surface area (Å²) in [7, 11) is 1.63. The molecule has 0 fully saturated rings. The number of carbonyl (C=O) groups excluding carboxylic acids is 1. The number of hydrogen-bond acceptors (Lipinski definition) is 3. The summed E-state index contributed by atoms with van der Waals surface area (Å²) in [4.78, 5) is 17.6. The van der Waals surface area contributed by atoms with E-state index in [1.807, 2.05) is 6.07 Å². The summed E-state index contributed by atoms with van der Waals surface area (Å²) in [6.07, 6.45) is 1.43. The van der Waals surface area contributed by atoms with Crippen molar-refractivity contribution in [1.29, 1.82) is 5.26 Å². The minimum Gasteiger partial charge on any atom is -0.336 e. The Morgan fingerprint density at radius 3 is 2.70 bits per heavy atom. The van der Waals surface area contributed by atoms with Gasteiger partial charge in [-0.05, 0) is 29.8 Å². The number of aromatic nitrogens is 1. The molecule has 4 nitrogen and oxygen atoms in total.